The number of fused-ring (bicyclic) bond motifs is 5. The van der Waals surface area contributed by atoms with Crippen molar-refractivity contribution in [3.63, 3.8) is 0 Å². The standard InChI is InChI=1S/C24H34O5/c1-22-9-7-16(25)11-15(22)4-5-18-19(22)12-20(26)23(2)17(8-10-24(18,23)28)14-3-6-21(27)29-13-14/h3,6,13,15-20,25-26,28H,4-5,7-12H2,1-2H3/t15-,16+,17-,18-,19+,20-,22+,23+,24+/m1/s1. The Balaban J connectivity index is 1.53. The third kappa shape index (κ3) is 2.53. The molecule has 29 heavy (non-hydrogen) atoms. The Kier molecular flexibility index (Phi) is 4.37. The van der Waals surface area contributed by atoms with Crippen LogP contribution in [0.15, 0.2) is 27.6 Å². The highest BCUT2D eigenvalue weighted by molar-refractivity contribution is 5.28. The summed E-state index contributed by atoms with van der Waals surface area (Å²) < 4.78 is 5.12. The van der Waals surface area contributed by atoms with E-state index in [0.29, 0.717) is 18.8 Å². The highest BCUT2D eigenvalue weighted by Gasteiger charge is 2.70. The molecule has 5 rings (SSSR count). The summed E-state index contributed by atoms with van der Waals surface area (Å²) in [6.45, 7) is 4.40. The number of hydrogen-bond acceptors (Lipinski definition) is 5. The lowest BCUT2D eigenvalue weighted by Crippen LogP contribution is -2.66. The summed E-state index contributed by atoms with van der Waals surface area (Å²) in [6.07, 6.45) is 7.57. The number of hydrogen-bond donors (Lipinski definition) is 3. The van der Waals surface area contributed by atoms with Crippen molar-refractivity contribution >= 4 is 0 Å². The van der Waals surface area contributed by atoms with Gasteiger partial charge in [0.25, 0.3) is 0 Å². The van der Waals surface area contributed by atoms with Gasteiger partial charge in [0.15, 0.2) is 0 Å². The van der Waals surface area contributed by atoms with E-state index in [0.717, 1.165) is 44.1 Å². The lowest BCUT2D eigenvalue weighted by Gasteiger charge is -2.64. The van der Waals surface area contributed by atoms with Crippen molar-refractivity contribution in [2.75, 3.05) is 0 Å². The number of aliphatic hydroxyl groups excluding tert-OH is 2. The van der Waals surface area contributed by atoms with Gasteiger partial charge < -0.3 is 19.7 Å². The molecule has 160 valence electrons. The first-order valence-electron chi connectivity index (χ1n) is 11.4. The monoisotopic (exact) mass is 402 g/mol. The van der Waals surface area contributed by atoms with Gasteiger partial charge in [0.1, 0.15) is 0 Å². The smallest absolute Gasteiger partial charge is 0.335 e. The van der Waals surface area contributed by atoms with Crippen molar-refractivity contribution in [3.05, 3.63) is 34.4 Å². The van der Waals surface area contributed by atoms with E-state index < -0.39 is 17.1 Å². The molecule has 5 heteroatoms. The fourth-order valence-electron chi connectivity index (χ4n) is 8.29. The summed E-state index contributed by atoms with van der Waals surface area (Å²) in [4.78, 5) is 11.4. The van der Waals surface area contributed by atoms with Crippen LogP contribution in [0.2, 0.25) is 0 Å². The van der Waals surface area contributed by atoms with Gasteiger partial charge in [0.05, 0.1) is 24.1 Å². The lowest BCUT2D eigenvalue weighted by atomic mass is 9.42. The van der Waals surface area contributed by atoms with Gasteiger partial charge in [-0.1, -0.05) is 13.8 Å². The molecule has 0 unspecified atom stereocenters. The van der Waals surface area contributed by atoms with E-state index in [2.05, 4.69) is 13.8 Å². The average Bonchev–Trinajstić information content (AvgIpc) is 2.97. The van der Waals surface area contributed by atoms with Gasteiger partial charge in [-0.15, -0.1) is 0 Å². The highest BCUT2D eigenvalue weighted by atomic mass is 16.4. The summed E-state index contributed by atoms with van der Waals surface area (Å²) in [6, 6.07) is 3.24. The summed E-state index contributed by atoms with van der Waals surface area (Å²) >= 11 is 0. The Hall–Kier alpha value is -1.17. The molecule has 0 amide bonds. The second kappa shape index (κ2) is 6.41. The summed E-state index contributed by atoms with van der Waals surface area (Å²) in [5.41, 5.74) is -0.952. The minimum Gasteiger partial charge on any atom is -0.431 e. The van der Waals surface area contributed by atoms with Crippen molar-refractivity contribution in [1.29, 1.82) is 0 Å². The molecule has 3 N–H and O–H groups in total. The Morgan fingerprint density at radius 1 is 1.00 bits per heavy atom. The molecule has 1 aromatic rings. The van der Waals surface area contributed by atoms with Crippen molar-refractivity contribution in [2.45, 2.75) is 88.9 Å². The molecule has 0 aromatic carbocycles. The van der Waals surface area contributed by atoms with Crippen LogP contribution < -0.4 is 5.63 Å². The van der Waals surface area contributed by atoms with Gasteiger partial charge in [-0.25, -0.2) is 4.79 Å². The largest absolute Gasteiger partial charge is 0.431 e. The first-order chi connectivity index (χ1) is 13.7. The molecule has 4 saturated carbocycles. The molecule has 0 bridgehead atoms. The van der Waals surface area contributed by atoms with E-state index in [1.54, 1.807) is 6.07 Å². The van der Waals surface area contributed by atoms with E-state index in [-0.39, 0.29) is 34.9 Å². The second-order valence-corrected chi connectivity index (χ2v) is 10.9. The third-order valence-corrected chi connectivity index (χ3v) is 10.0. The second-order valence-electron chi connectivity index (χ2n) is 10.9. The van der Waals surface area contributed by atoms with Gasteiger partial charge in [0.2, 0.25) is 0 Å². The van der Waals surface area contributed by atoms with Crippen molar-refractivity contribution in [3.8, 4) is 0 Å². The van der Waals surface area contributed by atoms with Gasteiger partial charge in [0, 0.05) is 11.5 Å². The van der Waals surface area contributed by atoms with Crippen LogP contribution >= 0.6 is 0 Å². The SMILES string of the molecule is C[C@]12CC[C@H](O)C[C@H]1CC[C@@H]1[C@@H]2C[C@@H](O)[C@]2(C)[C@@H](c3ccc(=O)oc3)CC[C@]12O. The Labute approximate surface area is 172 Å². The van der Waals surface area contributed by atoms with Crippen LogP contribution in [0.1, 0.15) is 76.7 Å². The van der Waals surface area contributed by atoms with E-state index in [1.807, 2.05) is 0 Å². The van der Waals surface area contributed by atoms with Crippen LogP contribution in [0.4, 0.5) is 0 Å². The van der Waals surface area contributed by atoms with Crippen molar-refractivity contribution < 1.29 is 19.7 Å². The van der Waals surface area contributed by atoms with Crippen LogP contribution in [-0.4, -0.2) is 33.1 Å². The van der Waals surface area contributed by atoms with E-state index in [1.165, 1.54) is 12.3 Å². The number of rotatable bonds is 1. The zero-order valence-electron chi connectivity index (χ0n) is 17.5. The van der Waals surface area contributed by atoms with Crippen molar-refractivity contribution in [1.82, 2.24) is 0 Å². The van der Waals surface area contributed by atoms with Crippen LogP contribution in [0.5, 0.6) is 0 Å². The molecule has 0 saturated heterocycles. The molecule has 1 heterocycles. The van der Waals surface area contributed by atoms with E-state index >= 15 is 0 Å². The minimum absolute atomic E-state index is 0.0218. The van der Waals surface area contributed by atoms with E-state index in [4.69, 9.17) is 4.42 Å². The molecule has 4 fully saturated rings. The first kappa shape index (κ1) is 19.8. The maximum atomic E-state index is 12.2. The summed E-state index contributed by atoms with van der Waals surface area (Å²) in [5.74, 6) is 0.919. The maximum Gasteiger partial charge on any atom is 0.335 e. The number of aliphatic hydroxyl groups is 3. The quantitative estimate of drug-likeness (QED) is 0.671. The predicted octanol–water partition coefficient (Wildman–Crippen LogP) is 3.21. The Morgan fingerprint density at radius 3 is 2.52 bits per heavy atom. The van der Waals surface area contributed by atoms with Crippen molar-refractivity contribution in [2.24, 2.45) is 28.6 Å². The van der Waals surface area contributed by atoms with Gasteiger partial charge >= 0.3 is 5.63 Å². The zero-order valence-corrected chi connectivity index (χ0v) is 17.5. The average molecular weight is 403 g/mol. The van der Waals surface area contributed by atoms with Crippen LogP contribution in [-0.2, 0) is 0 Å². The molecule has 0 spiro atoms. The molecular formula is C24H34O5. The van der Waals surface area contributed by atoms with Crippen LogP contribution in [0.3, 0.4) is 0 Å². The van der Waals surface area contributed by atoms with Gasteiger partial charge in [-0.05, 0) is 92.1 Å². The maximum absolute atomic E-state index is 12.2. The third-order valence-electron chi connectivity index (χ3n) is 10.0. The minimum atomic E-state index is -0.916. The first-order valence-corrected chi connectivity index (χ1v) is 11.4. The van der Waals surface area contributed by atoms with Gasteiger partial charge in [-0.2, -0.15) is 0 Å². The van der Waals surface area contributed by atoms with Crippen LogP contribution in [0, 0.1) is 28.6 Å². The molecular weight excluding hydrogens is 368 g/mol. The Morgan fingerprint density at radius 2 is 1.79 bits per heavy atom. The Bertz CT molecular complexity index is 829. The molecule has 4 aliphatic rings. The molecule has 1 aromatic heterocycles. The molecule has 0 radical (unpaired) electrons. The van der Waals surface area contributed by atoms with E-state index in [9.17, 15) is 20.1 Å². The van der Waals surface area contributed by atoms with Crippen LogP contribution in [0.25, 0.3) is 0 Å². The summed E-state index contributed by atoms with van der Waals surface area (Å²) in [7, 11) is 0. The molecule has 4 aliphatic carbocycles. The topological polar surface area (TPSA) is 90.9 Å². The zero-order chi connectivity index (χ0) is 20.6. The van der Waals surface area contributed by atoms with Gasteiger partial charge in [-0.3, -0.25) is 0 Å². The lowest BCUT2D eigenvalue weighted by molar-refractivity contribution is -0.241. The molecule has 9 atom stereocenters. The highest BCUT2D eigenvalue weighted by Crippen LogP contribution is 2.70. The molecule has 0 aliphatic heterocycles. The predicted molar refractivity (Wildman–Crippen MR) is 108 cm³/mol. The fraction of sp³-hybridized carbons (Fsp3) is 0.792. The fourth-order valence-corrected chi connectivity index (χ4v) is 8.29. The summed E-state index contributed by atoms with van der Waals surface area (Å²) in [5, 5.41) is 33.9. The molecule has 5 nitrogen and oxygen atoms in total. The normalized spacial score (nSPS) is 51.8.